The molecule has 1 N–H and O–H groups in total. The first-order valence-electron chi connectivity index (χ1n) is 8.74. The smallest absolute Gasteiger partial charge is 0.161 e. The van der Waals surface area contributed by atoms with Crippen LogP contribution in [0.4, 0.5) is 8.78 Å². The Hall–Kier alpha value is -2.63. The van der Waals surface area contributed by atoms with Gasteiger partial charge in [-0.05, 0) is 47.5 Å². The van der Waals surface area contributed by atoms with Crippen molar-refractivity contribution in [3.8, 4) is 11.5 Å². The second-order valence-electron chi connectivity index (χ2n) is 6.24. The van der Waals surface area contributed by atoms with Gasteiger partial charge in [-0.25, -0.2) is 8.78 Å². The van der Waals surface area contributed by atoms with E-state index in [1.165, 1.54) is 24.3 Å². The number of nitrogens with one attached hydrogen (secondary N) is 1. The SMILES string of the molecule is COc1cc(CNCc2ccc(F)cc2)ccc1OCc1ccc(F)cc1Cl. The highest BCUT2D eigenvalue weighted by molar-refractivity contribution is 6.31. The van der Waals surface area contributed by atoms with E-state index in [9.17, 15) is 8.78 Å². The lowest BCUT2D eigenvalue weighted by atomic mass is 10.1. The zero-order chi connectivity index (χ0) is 19.9. The van der Waals surface area contributed by atoms with Crippen LogP contribution in [0.5, 0.6) is 11.5 Å². The van der Waals surface area contributed by atoms with Gasteiger partial charge in [-0.15, -0.1) is 0 Å². The number of methoxy groups -OCH3 is 1. The topological polar surface area (TPSA) is 30.5 Å². The van der Waals surface area contributed by atoms with Crippen molar-refractivity contribution in [2.45, 2.75) is 19.7 Å². The molecule has 0 aliphatic heterocycles. The summed E-state index contributed by atoms with van der Waals surface area (Å²) in [5.74, 6) is 0.541. The Morgan fingerprint density at radius 2 is 1.50 bits per heavy atom. The average Bonchev–Trinajstić information content (AvgIpc) is 2.69. The summed E-state index contributed by atoms with van der Waals surface area (Å²) in [6, 6.07) is 16.2. The molecule has 6 heteroatoms. The first-order chi connectivity index (χ1) is 13.5. The van der Waals surface area contributed by atoms with Crippen LogP contribution in [-0.4, -0.2) is 7.11 Å². The summed E-state index contributed by atoms with van der Waals surface area (Å²) in [7, 11) is 1.57. The lowest BCUT2D eigenvalue weighted by Crippen LogP contribution is -2.12. The maximum absolute atomic E-state index is 13.1. The molecular weight excluding hydrogens is 384 g/mol. The van der Waals surface area contributed by atoms with Crippen LogP contribution >= 0.6 is 11.6 Å². The second-order valence-corrected chi connectivity index (χ2v) is 6.65. The van der Waals surface area contributed by atoms with Crippen LogP contribution in [0.2, 0.25) is 5.02 Å². The van der Waals surface area contributed by atoms with Crippen LogP contribution in [0.1, 0.15) is 16.7 Å². The van der Waals surface area contributed by atoms with Crippen LogP contribution in [0, 0.1) is 11.6 Å². The minimum Gasteiger partial charge on any atom is -0.493 e. The number of benzene rings is 3. The molecule has 0 bridgehead atoms. The highest BCUT2D eigenvalue weighted by Gasteiger charge is 2.08. The molecule has 0 saturated carbocycles. The van der Waals surface area contributed by atoms with Crippen LogP contribution in [0.3, 0.4) is 0 Å². The van der Waals surface area contributed by atoms with Gasteiger partial charge < -0.3 is 14.8 Å². The Balaban J connectivity index is 1.59. The molecule has 0 unspecified atom stereocenters. The first-order valence-corrected chi connectivity index (χ1v) is 9.12. The van der Waals surface area contributed by atoms with E-state index in [4.69, 9.17) is 21.1 Å². The van der Waals surface area contributed by atoms with Crippen molar-refractivity contribution in [3.63, 3.8) is 0 Å². The fraction of sp³-hybridized carbons (Fsp3) is 0.182. The largest absolute Gasteiger partial charge is 0.493 e. The monoisotopic (exact) mass is 403 g/mol. The molecule has 0 radical (unpaired) electrons. The van der Waals surface area contributed by atoms with Gasteiger partial charge in [0, 0.05) is 18.7 Å². The van der Waals surface area contributed by atoms with E-state index in [0.717, 1.165) is 11.1 Å². The van der Waals surface area contributed by atoms with Crippen LogP contribution in [0.25, 0.3) is 0 Å². The van der Waals surface area contributed by atoms with E-state index in [-0.39, 0.29) is 18.2 Å². The summed E-state index contributed by atoms with van der Waals surface area (Å²) in [5, 5.41) is 3.63. The minimum atomic E-state index is -0.385. The molecule has 0 aromatic heterocycles. The van der Waals surface area contributed by atoms with E-state index in [1.807, 2.05) is 18.2 Å². The van der Waals surface area contributed by atoms with Crippen LogP contribution in [-0.2, 0) is 19.7 Å². The predicted molar refractivity (Wildman–Crippen MR) is 106 cm³/mol. The Labute approximate surface area is 167 Å². The molecule has 0 aliphatic rings. The van der Waals surface area contributed by atoms with Gasteiger partial charge in [0.15, 0.2) is 11.5 Å². The Morgan fingerprint density at radius 3 is 2.21 bits per heavy atom. The molecule has 0 fully saturated rings. The molecular formula is C22H20ClF2NO2. The first kappa shape index (κ1) is 20.1. The second kappa shape index (κ2) is 9.53. The summed E-state index contributed by atoms with van der Waals surface area (Å²) in [6.07, 6.45) is 0. The highest BCUT2D eigenvalue weighted by Crippen LogP contribution is 2.29. The lowest BCUT2D eigenvalue weighted by molar-refractivity contribution is 0.284. The molecule has 0 heterocycles. The van der Waals surface area contributed by atoms with E-state index < -0.39 is 0 Å². The van der Waals surface area contributed by atoms with Crippen molar-refractivity contribution in [1.29, 1.82) is 0 Å². The third-order valence-electron chi connectivity index (χ3n) is 4.20. The van der Waals surface area contributed by atoms with Gasteiger partial charge in [-0.3, -0.25) is 0 Å². The molecule has 3 aromatic rings. The van der Waals surface area contributed by atoms with Crippen molar-refractivity contribution in [2.24, 2.45) is 0 Å². The van der Waals surface area contributed by atoms with Gasteiger partial charge in [-0.1, -0.05) is 35.9 Å². The fourth-order valence-electron chi connectivity index (χ4n) is 2.69. The van der Waals surface area contributed by atoms with Gasteiger partial charge in [0.1, 0.15) is 18.2 Å². The zero-order valence-electron chi connectivity index (χ0n) is 15.3. The number of ether oxygens (including phenoxy) is 2. The molecule has 28 heavy (non-hydrogen) atoms. The van der Waals surface area contributed by atoms with Crippen molar-refractivity contribution >= 4 is 11.6 Å². The Morgan fingerprint density at radius 1 is 0.821 bits per heavy atom. The van der Waals surface area contributed by atoms with Crippen molar-refractivity contribution in [3.05, 3.63) is 94.0 Å². The molecule has 3 aromatic carbocycles. The summed E-state index contributed by atoms with van der Waals surface area (Å²) in [6.45, 7) is 1.46. The molecule has 0 amide bonds. The molecule has 3 nitrogen and oxygen atoms in total. The van der Waals surface area contributed by atoms with Gasteiger partial charge in [0.05, 0.1) is 12.1 Å². The van der Waals surface area contributed by atoms with Gasteiger partial charge in [0.25, 0.3) is 0 Å². The third-order valence-corrected chi connectivity index (χ3v) is 4.55. The number of halogens is 3. The normalized spacial score (nSPS) is 10.7. The Bertz CT molecular complexity index is 932. The quantitative estimate of drug-likeness (QED) is 0.539. The lowest BCUT2D eigenvalue weighted by Gasteiger charge is -2.13. The molecule has 3 rings (SSSR count). The molecule has 0 spiro atoms. The van der Waals surface area contributed by atoms with Crippen LogP contribution in [0.15, 0.2) is 60.7 Å². The van der Waals surface area contributed by atoms with Crippen molar-refractivity contribution < 1.29 is 18.3 Å². The standard InChI is InChI=1S/C22H20ClF2NO2/c1-27-22-10-16(13-26-12-15-2-6-18(24)7-3-15)4-9-21(22)28-14-17-5-8-19(25)11-20(17)23/h2-11,26H,12-14H2,1H3. The third kappa shape index (κ3) is 5.44. The van der Waals surface area contributed by atoms with E-state index in [0.29, 0.717) is 35.2 Å². The average molecular weight is 404 g/mol. The summed E-state index contributed by atoms with van der Waals surface area (Å²) >= 11 is 6.03. The van der Waals surface area contributed by atoms with Gasteiger partial charge in [-0.2, -0.15) is 0 Å². The summed E-state index contributed by atoms with van der Waals surface area (Å²) < 4.78 is 37.3. The maximum atomic E-state index is 13.1. The van der Waals surface area contributed by atoms with E-state index in [1.54, 1.807) is 25.3 Å². The number of rotatable bonds is 8. The van der Waals surface area contributed by atoms with Crippen LogP contribution < -0.4 is 14.8 Å². The van der Waals surface area contributed by atoms with E-state index in [2.05, 4.69) is 5.32 Å². The summed E-state index contributed by atoms with van der Waals surface area (Å²) in [5.41, 5.74) is 2.71. The zero-order valence-corrected chi connectivity index (χ0v) is 16.1. The molecule has 0 saturated heterocycles. The predicted octanol–water partition coefficient (Wildman–Crippen LogP) is 5.50. The molecule has 146 valence electrons. The minimum absolute atomic E-state index is 0.206. The van der Waals surface area contributed by atoms with E-state index >= 15 is 0 Å². The fourth-order valence-corrected chi connectivity index (χ4v) is 2.91. The van der Waals surface area contributed by atoms with Gasteiger partial charge >= 0.3 is 0 Å². The van der Waals surface area contributed by atoms with Gasteiger partial charge in [0.2, 0.25) is 0 Å². The molecule has 0 aliphatic carbocycles. The van der Waals surface area contributed by atoms with Crippen molar-refractivity contribution in [1.82, 2.24) is 5.32 Å². The number of hydrogen-bond acceptors (Lipinski definition) is 3. The Kier molecular flexibility index (Phi) is 6.85. The molecule has 0 atom stereocenters. The number of hydrogen-bond donors (Lipinski definition) is 1. The highest BCUT2D eigenvalue weighted by atomic mass is 35.5. The van der Waals surface area contributed by atoms with Crippen molar-refractivity contribution in [2.75, 3.05) is 7.11 Å². The maximum Gasteiger partial charge on any atom is 0.161 e. The summed E-state index contributed by atoms with van der Waals surface area (Å²) in [4.78, 5) is 0.